The highest BCUT2D eigenvalue weighted by Gasteiger charge is 2.31. The van der Waals surface area contributed by atoms with Crippen molar-refractivity contribution >= 4 is 0 Å². The van der Waals surface area contributed by atoms with Gasteiger partial charge in [0.2, 0.25) is 5.75 Å². The van der Waals surface area contributed by atoms with Crippen LogP contribution in [0.3, 0.4) is 0 Å². The maximum atomic E-state index is 10.3. The van der Waals surface area contributed by atoms with Crippen LogP contribution in [0, 0.1) is 0 Å². The van der Waals surface area contributed by atoms with Crippen molar-refractivity contribution in [1.82, 2.24) is 0 Å². The van der Waals surface area contributed by atoms with Gasteiger partial charge in [0.15, 0.2) is 11.5 Å². The molecule has 0 heterocycles. The van der Waals surface area contributed by atoms with Crippen LogP contribution in [0.25, 0.3) is 11.1 Å². The molecule has 1 aliphatic carbocycles. The molecular weight excluding hydrogens is 276 g/mol. The minimum Gasteiger partial charge on any atom is -0.504 e. The molecule has 0 saturated carbocycles. The third-order valence-corrected chi connectivity index (χ3v) is 4.31. The highest BCUT2D eigenvalue weighted by atomic mass is 16.3. The molecule has 0 atom stereocenters. The van der Waals surface area contributed by atoms with Crippen LogP contribution in [-0.4, -0.2) is 15.3 Å². The van der Waals surface area contributed by atoms with Gasteiger partial charge in [-0.15, -0.1) is 0 Å². The van der Waals surface area contributed by atoms with Gasteiger partial charge in [0.1, 0.15) is 0 Å². The average Bonchev–Trinajstić information content (AvgIpc) is 2.88. The Morgan fingerprint density at radius 2 is 1.09 bits per heavy atom. The lowest BCUT2D eigenvalue weighted by molar-refractivity contribution is 0.365. The SMILES string of the molecule is Oc1ccc(C2c3ccccc3-c3ccccc32)c(O)c1O. The Bertz CT molecular complexity index is 838. The summed E-state index contributed by atoms with van der Waals surface area (Å²) in [7, 11) is 0. The average molecular weight is 290 g/mol. The van der Waals surface area contributed by atoms with Crippen molar-refractivity contribution in [2.45, 2.75) is 5.92 Å². The lowest BCUT2D eigenvalue weighted by atomic mass is 9.88. The normalized spacial score (nSPS) is 12.9. The molecule has 0 saturated heterocycles. The first kappa shape index (κ1) is 12.8. The van der Waals surface area contributed by atoms with E-state index in [-0.39, 0.29) is 17.4 Å². The van der Waals surface area contributed by atoms with Crippen molar-refractivity contribution in [2.75, 3.05) is 0 Å². The third kappa shape index (κ3) is 1.62. The molecule has 3 heteroatoms. The Morgan fingerprint density at radius 3 is 1.68 bits per heavy atom. The third-order valence-electron chi connectivity index (χ3n) is 4.31. The van der Waals surface area contributed by atoms with Gasteiger partial charge in [-0.25, -0.2) is 0 Å². The zero-order chi connectivity index (χ0) is 15.3. The van der Waals surface area contributed by atoms with Crippen molar-refractivity contribution in [3.63, 3.8) is 0 Å². The van der Waals surface area contributed by atoms with Gasteiger partial charge in [-0.3, -0.25) is 0 Å². The van der Waals surface area contributed by atoms with Gasteiger partial charge in [0.05, 0.1) is 0 Å². The summed E-state index contributed by atoms with van der Waals surface area (Å²) in [4.78, 5) is 0. The van der Waals surface area contributed by atoms with Crippen molar-refractivity contribution in [1.29, 1.82) is 0 Å². The topological polar surface area (TPSA) is 60.7 Å². The van der Waals surface area contributed by atoms with E-state index in [1.54, 1.807) is 6.07 Å². The van der Waals surface area contributed by atoms with Crippen LogP contribution >= 0.6 is 0 Å². The van der Waals surface area contributed by atoms with E-state index in [1.165, 1.54) is 6.07 Å². The summed E-state index contributed by atoms with van der Waals surface area (Å²) >= 11 is 0. The second-order valence-corrected chi connectivity index (χ2v) is 5.48. The van der Waals surface area contributed by atoms with E-state index in [0.29, 0.717) is 5.56 Å². The van der Waals surface area contributed by atoms with Gasteiger partial charge < -0.3 is 15.3 Å². The fourth-order valence-electron chi connectivity index (χ4n) is 3.31. The van der Waals surface area contributed by atoms with Crippen molar-refractivity contribution in [3.05, 3.63) is 77.4 Å². The van der Waals surface area contributed by atoms with E-state index in [0.717, 1.165) is 22.3 Å². The molecule has 0 fully saturated rings. The van der Waals surface area contributed by atoms with Crippen LogP contribution in [0.4, 0.5) is 0 Å². The summed E-state index contributed by atoms with van der Waals surface area (Å²) in [6, 6.07) is 19.2. The number of aromatic hydroxyl groups is 3. The molecule has 0 bridgehead atoms. The number of rotatable bonds is 1. The largest absolute Gasteiger partial charge is 0.504 e. The first-order valence-electron chi connectivity index (χ1n) is 7.10. The number of phenols is 3. The van der Waals surface area contributed by atoms with Crippen LogP contribution in [0.1, 0.15) is 22.6 Å². The molecular formula is C19H14O3. The minimum absolute atomic E-state index is 0.154. The van der Waals surface area contributed by atoms with E-state index in [9.17, 15) is 15.3 Å². The summed E-state index contributed by atoms with van der Waals surface area (Å²) in [5.41, 5.74) is 5.03. The van der Waals surface area contributed by atoms with Gasteiger partial charge in [0.25, 0.3) is 0 Å². The van der Waals surface area contributed by atoms with E-state index in [4.69, 9.17) is 0 Å². The maximum absolute atomic E-state index is 10.3. The predicted octanol–water partition coefficient (Wildman–Crippen LogP) is 3.96. The van der Waals surface area contributed by atoms with Gasteiger partial charge >= 0.3 is 0 Å². The minimum atomic E-state index is -0.473. The second kappa shape index (κ2) is 4.53. The van der Waals surface area contributed by atoms with E-state index in [2.05, 4.69) is 12.1 Å². The highest BCUT2D eigenvalue weighted by molar-refractivity contribution is 5.81. The fraction of sp³-hybridized carbons (Fsp3) is 0.0526. The molecule has 0 unspecified atom stereocenters. The molecule has 3 N–H and O–H groups in total. The van der Waals surface area contributed by atoms with Crippen LogP contribution in [0.5, 0.6) is 17.2 Å². The quantitative estimate of drug-likeness (QED) is 0.465. The lowest BCUT2D eigenvalue weighted by Crippen LogP contribution is -1.99. The summed E-state index contributed by atoms with van der Waals surface area (Å²) in [6.45, 7) is 0. The zero-order valence-corrected chi connectivity index (χ0v) is 11.7. The number of benzene rings is 3. The molecule has 3 nitrogen and oxygen atoms in total. The van der Waals surface area contributed by atoms with Gasteiger partial charge in [-0.1, -0.05) is 54.6 Å². The van der Waals surface area contributed by atoms with Gasteiger partial charge in [-0.05, 0) is 28.3 Å². The number of hydrogen-bond donors (Lipinski definition) is 3. The smallest absolute Gasteiger partial charge is 0.200 e. The standard InChI is InChI=1S/C19H14O3/c20-16-10-9-15(18(21)19(16)22)17-13-7-3-1-5-11(13)12-6-2-4-8-14(12)17/h1-10,17,20-22H. The van der Waals surface area contributed by atoms with Crippen LogP contribution in [0.2, 0.25) is 0 Å². The molecule has 3 aromatic carbocycles. The molecule has 0 amide bonds. The first-order chi connectivity index (χ1) is 10.7. The van der Waals surface area contributed by atoms with E-state index in [1.807, 2.05) is 36.4 Å². The van der Waals surface area contributed by atoms with Gasteiger partial charge in [-0.2, -0.15) is 0 Å². The Hall–Kier alpha value is -2.94. The highest BCUT2D eigenvalue weighted by Crippen LogP contribution is 2.52. The Morgan fingerprint density at radius 1 is 0.545 bits per heavy atom. The molecule has 22 heavy (non-hydrogen) atoms. The summed E-state index contributed by atoms with van der Waals surface area (Å²) in [5.74, 6) is -1.21. The molecule has 4 rings (SSSR count). The summed E-state index contributed by atoms with van der Waals surface area (Å²) in [5, 5.41) is 29.7. The molecule has 0 aliphatic heterocycles. The Labute approximate surface area is 127 Å². The zero-order valence-electron chi connectivity index (χ0n) is 11.7. The number of fused-ring (bicyclic) bond motifs is 3. The molecule has 3 aromatic rings. The van der Waals surface area contributed by atoms with E-state index < -0.39 is 5.75 Å². The maximum Gasteiger partial charge on any atom is 0.200 e. The van der Waals surface area contributed by atoms with Gasteiger partial charge in [0, 0.05) is 11.5 Å². The Kier molecular flexibility index (Phi) is 2.63. The van der Waals surface area contributed by atoms with Crippen molar-refractivity contribution in [2.24, 2.45) is 0 Å². The number of hydrogen-bond acceptors (Lipinski definition) is 3. The fourth-order valence-corrected chi connectivity index (χ4v) is 3.31. The first-order valence-corrected chi connectivity index (χ1v) is 7.10. The molecule has 0 spiro atoms. The van der Waals surface area contributed by atoms with Crippen molar-refractivity contribution < 1.29 is 15.3 Å². The molecule has 1 aliphatic rings. The monoisotopic (exact) mass is 290 g/mol. The molecule has 0 aromatic heterocycles. The summed E-state index contributed by atoms with van der Waals surface area (Å²) in [6.07, 6.45) is 0. The van der Waals surface area contributed by atoms with Crippen LogP contribution < -0.4 is 0 Å². The summed E-state index contributed by atoms with van der Waals surface area (Å²) < 4.78 is 0. The molecule has 0 radical (unpaired) electrons. The van der Waals surface area contributed by atoms with Crippen LogP contribution in [0.15, 0.2) is 60.7 Å². The Balaban J connectivity index is 2.02. The lowest BCUT2D eigenvalue weighted by Gasteiger charge is -2.16. The molecule has 108 valence electrons. The van der Waals surface area contributed by atoms with E-state index >= 15 is 0 Å². The van der Waals surface area contributed by atoms with Crippen molar-refractivity contribution in [3.8, 4) is 28.4 Å². The van der Waals surface area contributed by atoms with Crippen LogP contribution in [-0.2, 0) is 0 Å². The predicted molar refractivity (Wildman–Crippen MR) is 84.3 cm³/mol. The number of phenolic OH excluding ortho intramolecular Hbond substituents is 3. The second-order valence-electron chi connectivity index (χ2n) is 5.48.